The van der Waals surface area contributed by atoms with E-state index in [1.807, 2.05) is 97.9 Å². The number of aromatic nitrogens is 10. The summed E-state index contributed by atoms with van der Waals surface area (Å²) in [7, 11) is 0. The number of benzene rings is 14. The Labute approximate surface area is 581 Å². The van der Waals surface area contributed by atoms with Gasteiger partial charge in [-0.1, -0.05) is 261 Å². The molecule has 0 spiro atoms. The van der Waals surface area contributed by atoms with Gasteiger partial charge in [0, 0.05) is 93.5 Å². The summed E-state index contributed by atoms with van der Waals surface area (Å²) in [6.45, 7) is 1.92. The van der Waals surface area contributed by atoms with Crippen LogP contribution in [0.5, 0.6) is 0 Å². The summed E-state index contributed by atoms with van der Waals surface area (Å²) >= 11 is 0. The molecule has 0 saturated heterocycles. The van der Waals surface area contributed by atoms with E-state index in [9.17, 15) is 0 Å². The second-order valence-corrected chi connectivity index (χ2v) is 25.4. The fraction of sp³-hybridized carbons (Fsp3) is 0.0110. The lowest BCUT2D eigenvalue weighted by Gasteiger charge is -2.13. The molecule has 0 N–H and O–H groups in total. The summed E-state index contributed by atoms with van der Waals surface area (Å²) in [4.78, 5) is 29.4. The molecule has 6 aromatic heterocycles. The SMILES string of the molecule is Cc1nc(-c2ccccc2)nc(-c2ccc(-n3c4ccccc4c4cccc(-c5ccc(-n6c7ccccc7c7ccccc76)cc5)c43)cc2)n1.c1ccc(-c2nc(-c3ccccc3)nc(-n3c4ccccc4c4cccc(-c5ccc(-n6c7ccccc7c7ccccc76)cc5)c43)n2)cc1. The maximum atomic E-state index is 5.15. The third-order valence-electron chi connectivity index (χ3n) is 19.5. The Morgan fingerprint density at radius 3 is 0.812 bits per heavy atom. The normalized spacial score (nSPS) is 11.6. The molecule has 0 saturated carbocycles. The lowest BCUT2D eigenvalue weighted by atomic mass is 10.0. The number of hydrogen-bond acceptors (Lipinski definition) is 6. The summed E-state index contributed by atoms with van der Waals surface area (Å²) in [6.07, 6.45) is 0. The first-order chi connectivity index (χ1) is 50.0. The third kappa shape index (κ3) is 10.1. The molecular formula is C91H60N10. The second-order valence-electron chi connectivity index (χ2n) is 25.4. The molecule has 0 atom stereocenters. The summed E-state index contributed by atoms with van der Waals surface area (Å²) in [5, 5.41) is 9.77. The Balaban J connectivity index is 0.000000140. The number of aryl methyl sites for hydroxylation is 1. The van der Waals surface area contributed by atoms with Crippen LogP contribution >= 0.6 is 0 Å². The first kappa shape index (κ1) is 58.6. The maximum absolute atomic E-state index is 5.15. The number of nitrogens with zero attached hydrogens (tertiary/aromatic N) is 10. The zero-order valence-corrected chi connectivity index (χ0v) is 54.9. The van der Waals surface area contributed by atoms with E-state index < -0.39 is 0 Å². The van der Waals surface area contributed by atoms with E-state index in [4.69, 9.17) is 24.9 Å². The minimum Gasteiger partial charge on any atom is -0.309 e. The highest BCUT2D eigenvalue weighted by atomic mass is 15.2. The van der Waals surface area contributed by atoms with Gasteiger partial charge < -0.3 is 13.7 Å². The van der Waals surface area contributed by atoms with Gasteiger partial charge in [-0.2, -0.15) is 9.97 Å². The molecule has 20 rings (SSSR count). The van der Waals surface area contributed by atoms with Crippen molar-refractivity contribution in [3.05, 3.63) is 352 Å². The van der Waals surface area contributed by atoms with Crippen LogP contribution in [0.25, 0.3) is 178 Å². The Kier molecular flexibility index (Phi) is 14.2. The Bertz CT molecular complexity index is 6390. The van der Waals surface area contributed by atoms with Crippen molar-refractivity contribution in [2.24, 2.45) is 0 Å². The van der Waals surface area contributed by atoms with Crippen LogP contribution in [0.3, 0.4) is 0 Å². The molecule has 14 aromatic carbocycles. The largest absolute Gasteiger partial charge is 0.309 e. The smallest absolute Gasteiger partial charge is 0.238 e. The number of para-hydroxylation sites is 8. The fourth-order valence-electron chi connectivity index (χ4n) is 14.9. The van der Waals surface area contributed by atoms with E-state index in [1.54, 1.807) is 0 Å². The highest BCUT2D eigenvalue weighted by Gasteiger charge is 2.23. The van der Waals surface area contributed by atoms with Crippen molar-refractivity contribution in [1.82, 2.24) is 48.2 Å². The van der Waals surface area contributed by atoms with E-state index in [0.717, 1.165) is 77.8 Å². The highest BCUT2D eigenvalue weighted by molar-refractivity contribution is 6.16. The summed E-state index contributed by atoms with van der Waals surface area (Å²) in [5.74, 6) is 3.89. The van der Waals surface area contributed by atoms with Crippen LogP contribution in [0.1, 0.15) is 5.82 Å². The van der Waals surface area contributed by atoms with Gasteiger partial charge in [-0.05, 0) is 103 Å². The maximum Gasteiger partial charge on any atom is 0.238 e. The van der Waals surface area contributed by atoms with Crippen LogP contribution in [-0.2, 0) is 0 Å². The lowest BCUT2D eigenvalue weighted by molar-refractivity contribution is 0.954. The highest BCUT2D eigenvalue weighted by Crippen LogP contribution is 2.42. The van der Waals surface area contributed by atoms with Gasteiger partial charge in [-0.25, -0.2) is 19.9 Å². The standard InChI is InChI=1S/C46H31N5.C45H29N5/c1-30-47-45(32-12-3-2-4-13-32)49-46(48-30)33-24-28-35(29-25-33)51-43-21-10-7-16-39(43)40-18-11-17-36(44(40)51)31-22-26-34(27-23-31)50-41-19-8-5-14-37(41)38-15-6-9-20-42(38)50;1-3-14-31(15-4-1)43-46-44(32-16-5-2-6-17-32)48-45(47-43)50-41-25-12-9-20-37(41)38-22-13-21-34(42(38)50)30-26-28-33(29-27-30)49-39-23-10-7-18-35(39)36-19-8-11-24-40(36)49/h2-29H,1H3;1-29H. The molecule has 10 heteroatoms. The number of rotatable bonds is 10. The minimum absolute atomic E-state index is 0.582. The van der Waals surface area contributed by atoms with E-state index >= 15 is 0 Å². The van der Waals surface area contributed by atoms with Gasteiger partial charge in [0.1, 0.15) is 5.82 Å². The van der Waals surface area contributed by atoms with Crippen molar-refractivity contribution in [3.63, 3.8) is 0 Å². The van der Waals surface area contributed by atoms with Gasteiger partial charge in [-0.15, -0.1) is 0 Å². The van der Waals surface area contributed by atoms with Gasteiger partial charge in [0.2, 0.25) is 5.95 Å². The molecule has 10 nitrogen and oxygen atoms in total. The van der Waals surface area contributed by atoms with Crippen LogP contribution < -0.4 is 0 Å². The van der Waals surface area contributed by atoms with Gasteiger partial charge in [0.15, 0.2) is 23.3 Å². The molecule has 0 amide bonds. The quantitative estimate of drug-likeness (QED) is 0.135. The topological polar surface area (TPSA) is 97.1 Å². The van der Waals surface area contributed by atoms with Crippen molar-refractivity contribution in [2.75, 3.05) is 0 Å². The monoisotopic (exact) mass is 1290 g/mol. The minimum atomic E-state index is 0.582. The Hall–Kier alpha value is -13.7. The van der Waals surface area contributed by atoms with Gasteiger partial charge in [0.25, 0.3) is 0 Å². The molecule has 0 aliphatic carbocycles. The van der Waals surface area contributed by atoms with Gasteiger partial charge >= 0.3 is 0 Å². The van der Waals surface area contributed by atoms with Crippen LogP contribution in [0, 0.1) is 6.92 Å². The van der Waals surface area contributed by atoms with Crippen molar-refractivity contribution >= 4 is 87.2 Å². The van der Waals surface area contributed by atoms with Crippen molar-refractivity contribution in [3.8, 4) is 90.8 Å². The molecule has 20 aromatic rings. The lowest BCUT2D eigenvalue weighted by Crippen LogP contribution is -2.07. The Morgan fingerprint density at radius 2 is 0.446 bits per heavy atom. The fourth-order valence-corrected chi connectivity index (χ4v) is 14.9. The zero-order valence-electron chi connectivity index (χ0n) is 54.9. The average Bonchev–Trinajstić information content (AvgIpc) is 1.59. The molecule has 0 bridgehead atoms. The molecular weight excluding hydrogens is 1230 g/mol. The van der Waals surface area contributed by atoms with Crippen LogP contribution in [0.2, 0.25) is 0 Å². The van der Waals surface area contributed by atoms with E-state index in [-0.39, 0.29) is 0 Å². The van der Waals surface area contributed by atoms with Gasteiger partial charge in [-0.3, -0.25) is 4.57 Å². The molecule has 0 fully saturated rings. The average molecular weight is 1290 g/mol. The summed E-state index contributed by atoms with van der Waals surface area (Å²) < 4.78 is 9.32. The number of fused-ring (bicyclic) bond motifs is 12. The summed E-state index contributed by atoms with van der Waals surface area (Å²) in [5.41, 5.74) is 21.0. The zero-order chi connectivity index (χ0) is 66.9. The predicted molar refractivity (Wildman–Crippen MR) is 414 cm³/mol. The van der Waals surface area contributed by atoms with Crippen molar-refractivity contribution in [1.29, 1.82) is 0 Å². The molecule has 0 aliphatic rings. The predicted octanol–water partition coefficient (Wildman–Crippen LogP) is 22.4. The molecule has 474 valence electrons. The summed E-state index contributed by atoms with van der Waals surface area (Å²) in [6, 6.07) is 122. The van der Waals surface area contributed by atoms with E-state index in [1.165, 1.54) is 71.0 Å². The molecule has 0 unspecified atom stereocenters. The molecule has 6 heterocycles. The van der Waals surface area contributed by atoms with Crippen molar-refractivity contribution < 1.29 is 0 Å². The Morgan fingerprint density at radius 1 is 0.188 bits per heavy atom. The molecule has 0 aliphatic heterocycles. The third-order valence-corrected chi connectivity index (χ3v) is 19.5. The van der Waals surface area contributed by atoms with Crippen LogP contribution in [0.15, 0.2) is 346 Å². The second kappa shape index (κ2) is 24.4. The van der Waals surface area contributed by atoms with Crippen LogP contribution in [-0.4, -0.2) is 48.2 Å². The van der Waals surface area contributed by atoms with Crippen LogP contribution in [0.4, 0.5) is 0 Å². The first-order valence-corrected chi connectivity index (χ1v) is 34.0. The van der Waals surface area contributed by atoms with E-state index in [2.05, 4.69) is 278 Å². The molecule has 101 heavy (non-hydrogen) atoms. The van der Waals surface area contributed by atoms with Crippen molar-refractivity contribution in [2.45, 2.75) is 6.92 Å². The molecule has 0 radical (unpaired) electrons. The first-order valence-electron chi connectivity index (χ1n) is 34.0. The number of hydrogen-bond donors (Lipinski definition) is 0. The van der Waals surface area contributed by atoms with E-state index in [0.29, 0.717) is 35.1 Å². The van der Waals surface area contributed by atoms with Gasteiger partial charge in [0.05, 0.1) is 44.1 Å².